The number of halogens is 6. The van der Waals surface area contributed by atoms with Crippen molar-refractivity contribution in [3.63, 3.8) is 0 Å². The molecule has 2 aliphatic heterocycles. The average Bonchev–Trinajstić information content (AvgIpc) is 2.97. The van der Waals surface area contributed by atoms with E-state index in [2.05, 4.69) is 40.1 Å². The van der Waals surface area contributed by atoms with Crippen LogP contribution >= 0.6 is 7.81 Å². The summed E-state index contributed by atoms with van der Waals surface area (Å²) < 4.78 is 85.8. The first-order valence-corrected chi connectivity index (χ1v) is 13.0. The van der Waals surface area contributed by atoms with Crippen molar-refractivity contribution in [1.29, 1.82) is 0 Å². The van der Waals surface area contributed by atoms with E-state index < -0.39 is 19.4 Å². The third-order valence-corrected chi connectivity index (χ3v) is 5.98. The van der Waals surface area contributed by atoms with Crippen molar-refractivity contribution in [2.75, 3.05) is 32.2 Å². The molecule has 4 rings (SSSR count). The second-order valence-corrected chi connectivity index (χ2v) is 10.6. The van der Waals surface area contributed by atoms with Crippen LogP contribution in [0.1, 0.15) is 13.8 Å². The first kappa shape index (κ1) is 28.3. The van der Waals surface area contributed by atoms with Gasteiger partial charge < -0.3 is 18.9 Å². The average molecular weight is 542 g/mol. The Morgan fingerprint density at radius 1 is 0.806 bits per heavy atom. The molecule has 2 aromatic rings. The van der Waals surface area contributed by atoms with Gasteiger partial charge >= 0.3 is 33.0 Å². The van der Waals surface area contributed by atoms with Gasteiger partial charge in [-0.1, -0.05) is 36.4 Å². The van der Waals surface area contributed by atoms with Crippen LogP contribution in [0, 0.1) is 0 Å². The summed E-state index contributed by atoms with van der Waals surface area (Å²) in [7, 11) is -7.42. The van der Waals surface area contributed by atoms with Crippen LogP contribution in [0.2, 0.25) is 0 Å². The fourth-order valence-corrected chi connectivity index (χ4v) is 3.95. The Labute approximate surface area is 205 Å². The van der Waals surface area contributed by atoms with E-state index in [1.54, 1.807) is 14.2 Å². The van der Waals surface area contributed by atoms with Crippen LogP contribution in [0.25, 0.3) is 0 Å². The standard InChI is InChI=1S/C23H29N2O4.F6P/c1-22(26-3)23(2,27-4)29-21-16-25(19-13-9-6-10-14-19)17-24(15-20(21)28-22)18-11-7-5-8-12-18;1-7(2,3,4,5)6/h5-14,17,20-21H,15-16H2,1-4H3;/q+1;-1/t20-,21-,22-,23-;/m1./s1. The molecule has 6 nitrogen and oxygen atoms in total. The SMILES string of the molecule is CO[C@]1(C)O[C@@H]2CN(c3ccccc3)C=[N+](c3ccccc3)C[C@H]2O[C@@]1(C)OC.F[P-](F)(F)(F)(F)F. The second kappa shape index (κ2) is 9.25. The summed E-state index contributed by atoms with van der Waals surface area (Å²) in [4.78, 5) is 2.20. The monoisotopic (exact) mass is 542 g/mol. The number of benzene rings is 2. The van der Waals surface area contributed by atoms with Gasteiger partial charge in [-0.3, -0.25) is 0 Å². The Hall–Kier alpha value is -2.24. The number of anilines is 1. The minimum atomic E-state index is -10.7. The van der Waals surface area contributed by atoms with Crippen LogP contribution in [-0.4, -0.2) is 62.0 Å². The van der Waals surface area contributed by atoms with Crippen LogP contribution in [0.4, 0.5) is 36.6 Å². The first-order valence-electron chi connectivity index (χ1n) is 10.9. The molecule has 0 saturated carbocycles. The molecule has 2 heterocycles. The quantitative estimate of drug-likeness (QED) is 0.242. The van der Waals surface area contributed by atoms with E-state index in [1.165, 1.54) is 0 Å². The van der Waals surface area contributed by atoms with Crippen molar-refractivity contribution in [3.8, 4) is 0 Å². The molecule has 2 aromatic carbocycles. The van der Waals surface area contributed by atoms with Gasteiger partial charge in [0.1, 0.15) is 36.7 Å². The van der Waals surface area contributed by atoms with E-state index >= 15 is 0 Å². The number of methoxy groups -OCH3 is 2. The summed E-state index contributed by atoms with van der Waals surface area (Å²) in [5.41, 5.74) is 2.19. The molecular formula is C23H29F6N2O4P. The maximum atomic E-state index is 9.87. The van der Waals surface area contributed by atoms with Crippen LogP contribution in [0.3, 0.4) is 0 Å². The van der Waals surface area contributed by atoms with E-state index in [9.17, 15) is 25.2 Å². The number of rotatable bonds is 4. The second-order valence-electron chi connectivity index (χ2n) is 8.66. The molecule has 4 atom stereocenters. The molecule has 1 saturated heterocycles. The molecule has 36 heavy (non-hydrogen) atoms. The van der Waals surface area contributed by atoms with E-state index in [0.29, 0.717) is 13.1 Å². The first-order chi connectivity index (χ1) is 16.4. The molecule has 0 unspecified atom stereocenters. The summed E-state index contributed by atoms with van der Waals surface area (Å²) in [5, 5.41) is 0. The Morgan fingerprint density at radius 3 is 1.72 bits per heavy atom. The number of hydrogen-bond acceptors (Lipinski definition) is 5. The van der Waals surface area contributed by atoms with Gasteiger partial charge in [-0.25, -0.2) is 9.48 Å². The molecule has 0 radical (unpaired) electrons. The van der Waals surface area contributed by atoms with Crippen molar-refractivity contribution in [1.82, 2.24) is 0 Å². The molecule has 13 heteroatoms. The maximum absolute atomic E-state index is 10.7. The van der Waals surface area contributed by atoms with Crippen molar-refractivity contribution in [2.24, 2.45) is 0 Å². The number of para-hydroxylation sites is 2. The predicted molar refractivity (Wildman–Crippen MR) is 125 cm³/mol. The van der Waals surface area contributed by atoms with E-state index in [1.807, 2.05) is 50.2 Å². The number of fused-ring (bicyclic) bond motifs is 1. The Morgan fingerprint density at radius 2 is 1.25 bits per heavy atom. The van der Waals surface area contributed by atoms with Gasteiger partial charge in [-0.05, 0) is 38.1 Å². The molecule has 2 aliphatic rings. The molecule has 0 N–H and O–H groups in total. The Balaban J connectivity index is 0.000000454. The van der Waals surface area contributed by atoms with E-state index in [-0.39, 0.29) is 12.2 Å². The van der Waals surface area contributed by atoms with Gasteiger partial charge in [0.05, 0.1) is 0 Å². The van der Waals surface area contributed by atoms with Crippen LogP contribution in [-0.2, 0) is 18.9 Å². The zero-order valence-electron chi connectivity index (χ0n) is 20.2. The fraction of sp³-hybridized carbons (Fsp3) is 0.435. The normalized spacial score (nSPS) is 30.5. The summed E-state index contributed by atoms with van der Waals surface area (Å²) >= 11 is 0. The van der Waals surface area contributed by atoms with Gasteiger partial charge in [0.25, 0.3) is 0 Å². The predicted octanol–water partition coefficient (Wildman–Crippen LogP) is 6.77. The van der Waals surface area contributed by atoms with Gasteiger partial charge in [0, 0.05) is 14.2 Å². The van der Waals surface area contributed by atoms with Crippen molar-refractivity contribution >= 4 is 25.5 Å². The zero-order chi connectivity index (χ0) is 26.9. The van der Waals surface area contributed by atoms with Crippen molar-refractivity contribution < 1.29 is 48.7 Å². The van der Waals surface area contributed by atoms with Gasteiger partial charge in [-0.2, -0.15) is 0 Å². The number of hydrogen-bond donors (Lipinski definition) is 0. The van der Waals surface area contributed by atoms with E-state index in [0.717, 1.165) is 11.4 Å². The van der Waals surface area contributed by atoms with Crippen LogP contribution in [0.15, 0.2) is 60.7 Å². The van der Waals surface area contributed by atoms with E-state index in [4.69, 9.17) is 18.9 Å². The summed E-state index contributed by atoms with van der Waals surface area (Å²) in [6, 6.07) is 20.6. The van der Waals surface area contributed by atoms with Gasteiger partial charge in [0.2, 0.25) is 17.9 Å². The third-order valence-electron chi connectivity index (χ3n) is 5.98. The molecule has 0 bridgehead atoms. The molecule has 0 aliphatic carbocycles. The minimum absolute atomic E-state index is 0.201. The molecular weight excluding hydrogens is 513 g/mol. The topological polar surface area (TPSA) is 43.2 Å². The molecule has 0 spiro atoms. The van der Waals surface area contributed by atoms with Crippen molar-refractivity contribution in [2.45, 2.75) is 37.6 Å². The summed E-state index contributed by atoms with van der Waals surface area (Å²) in [6.45, 7) is 5.00. The Kier molecular flexibility index (Phi) is 7.28. The Bertz CT molecular complexity index is 1060. The van der Waals surface area contributed by atoms with Gasteiger partial charge in [-0.15, -0.1) is 0 Å². The fourth-order valence-electron chi connectivity index (χ4n) is 3.95. The zero-order valence-corrected chi connectivity index (χ0v) is 21.1. The molecule has 0 amide bonds. The summed E-state index contributed by atoms with van der Waals surface area (Å²) in [6.07, 6.45) is 1.73. The van der Waals surface area contributed by atoms with Crippen LogP contribution < -0.4 is 4.90 Å². The van der Waals surface area contributed by atoms with Crippen molar-refractivity contribution in [3.05, 3.63) is 60.7 Å². The number of nitrogens with zero attached hydrogens (tertiary/aromatic N) is 2. The molecule has 1 fully saturated rings. The van der Waals surface area contributed by atoms with Gasteiger partial charge in [0.15, 0.2) is 0 Å². The number of ether oxygens (including phenoxy) is 4. The summed E-state index contributed by atoms with van der Waals surface area (Å²) in [5.74, 6) is -2.04. The molecule has 202 valence electrons. The molecule has 0 aromatic heterocycles. The van der Waals surface area contributed by atoms with Crippen LogP contribution in [0.5, 0.6) is 0 Å². The third kappa shape index (κ3) is 7.63.